The Labute approximate surface area is 537 Å². The van der Waals surface area contributed by atoms with Crippen molar-refractivity contribution in [1.82, 2.24) is 13.7 Å². The zero-order chi connectivity index (χ0) is 59.1. The number of halogens is 2. The van der Waals surface area contributed by atoms with E-state index in [0.29, 0.717) is 5.92 Å². The summed E-state index contributed by atoms with van der Waals surface area (Å²) < 4.78 is 11.4. The minimum absolute atomic E-state index is 0.101. The topological polar surface area (TPSA) is 33.3 Å². The normalized spacial score (nSPS) is 11.9. The molecule has 0 bridgehead atoms. The van der Waals surface area contributed by atoms with Crippen LogP contribution in [0.5, 0.6) is 0 Å². The van der Waals surface area contributed by atoms with E-state index in [9.17, 15) is 0 Å². The molecule has 0 saturated carbocycles. The molecule has 0 radical (unpaired) electrons. The number of aryl methyl sites for hydroxylation is 1. The summed E-state index contributed by atoms with van der Waals surface area (Å²) in [4.78, 5) is 4.72. The number of para-hydroxylation sites is 6. The number of nitrogens with zero attached hydrogens (tertiary/aromatic N) is 5. The summed E-state index contributed by atoms with van der Waals surface area (Å²) in [6, 6.07) is 113. The van der Waals surface area contributed by atoms with Crippen molar-refractivity contribution in [1.29, 1.82) is 0 Å². The fourth-order valence-corrected chi connectivity index (χ4v) is 16.6. The van der Waals surface area contributed by atoms with E-state index < -0.39 is 0 Å². The molecular weight excluding hydrogens is 1300 g/mol. The fourth-order valence-electron chi connectivity index (χ4n) is 12.8. The van der Waals surface area contributed by atoms with E-state index in [1.54, 1.807) is 0 Å². The Morgan fingerprint density at radius 3 is 1.48 bits per heavy atom. The van der Waals surface area contributed by atoms with Gasteiger partial charge >= 0.3 is 220 Å². The maximum atomic E-state index is 4.09. The number of alkyl halides is 1. The van der Waals surface area contributed by atoms with Gasteiger partial charge in [-0.3, -0.25) is 9.13 Å². The number of hydrogen-bond donors (Lipinski definition) is 1. The van der Waals surface area contributed by atoms with Gasteiger partial charge in [0.2, 0.25) is 0 Å². The third-order valence-corrected chi connectivity index (χ3v) is 20.8. The van der Waals surface area contributed by atoms with Crippen LogP contribution in [-0.2, 0) is 0 Å². The fraction of sp³-hybridized carbons (Fsp3) is 0.0500. The first-order valence-electron chi connectivity index (χ1n) is 29.9. The number of nitrogens with one attached hydrogen (secondary N) is 1. The Hall–Kier alpha value is -9.62. The molecule has 88 heavy (non-hydrogen) atoms. The van der Waals surface area contributed by atoms with Crippen molar-refractivity contribution in [2.75, 3.05) is 19.5 Å². The van der Waals surface area contributed by atoms with Crippen molar-refractivity contribution < 1.29 is 21.2 Å². The number of benzene rings is 12. The summed E-state index contributed by atoms with van der Waals surface area (Å²) in [5.74, 6) is 1.44. The Balaban J connectivity index is 0.880. The van der Waals surface area contributed by atoms with Gasteiger partial charge in [0.05, 0.1) is 11.0 Å². The Morgan fingerprint density at radius 2 is 0.875 bits per heavy atom. The van der Waals surface area contributed by atoms with Gasteiger partial charge in [0, 0.05) is 61.2 Å². The molecule has 0 spiro atoms. The molecule has 15 rings (SSSR count). The van der Waals surface area contributed by atoms with Crippen molar-refractivity contribution in [3.63, 3.8) is 0 Å². The van der Waals surface area contributed by atoms with E-state index in [-0.39, 0.29) is 21.2 Å². The van der Waals surface area contributed by atoms with Crippen LogP contribution >= 0.6 is 22.6 Å². The quantitative estimate of drug-likeness (QED) is 0.0773. The van der Waals surface area contributed by atoms with Crippen molar-refractivity contribution in [3.8, 4) is 28.2 Å². The second kappa shape index (κ2) is 23.9. The molecule has 15 aromatic rings. The summed E-state index contributed by atoms with van der Waals surface area (Å²) in [7, 11) is 0. The molecule has 8 heteroatoms. The smallest absolute Gasteiger partial charge is 0.0615 e. The molecule has 12 aromatic carbocycles. The summed E-state index contributed by atoms with van der Waals surface area (Å²) in [6.07, 6.45) is 0. The van der Waals surface area contributed by atoms with E-state index in [2.05, 4.69) is 375 Å². The second-order valence-electron chi connectivity index (χ2n) is 22.4. The second-order valence-corrected chi connectivity index (χ2v) is 26.5. The first-order chi connectivity index (χ1) is 43.4. The minimum atomic E-state index is -0.101. The van der Waals surface area contributed by atoms with Gasteiger partial charge in [0.25, 0.3) is 0 Å². The average Bonchev–Trinajstić information content (AvgIpc) is 1.68. The number of aromatic nitrogens is 3. The predicted molar refractivity (Wildman–Crippen MR) is 375 cm³/mol. The molecule has 1 atom stereocenters. The van der Waals surface area contributed by atoms with Gasteiger partial charge in [-0.15, -0.1) is 0 Å². The summed E-state index contributed by atoms with van der Waals surface area (Å²) in [5, 5.41) is 8.87. The number of fused-ring (bicyclic) bond motifs is 6. The standard InChI is InChI=1S/C80H61I2N6/c1-55-24-12-13-39-70(55)77-71-40-14-17-43-74(71)86(79(77)83-60-27-21-34-65(51-60)84(61-28-6-3-7-29-61)62-30-8-4-9-31-62)67-36-23-38-69(53-67)88-76-45-19-16-42-73(76)78-72-41-15-18-44-75(72)87(80(78)88)68-37-22-35-66(52-68)85(63-32-10-5-11-33-63)64-48-46-57(47-49-64)56(2)54-82-59-26-20-25-58(81)50-59/h3-53,56,83H,54H2,1-2H3/q-1/t56-/m0/s1. The van der Waals surface area contributed by atoms with Crippen LogP contribution < -0.4 is 36.3 Å². The summed E-state index contributed by atoms with van der Waals surface area (Å²) >= 11 is 2.33. The van der Waals surface area contributed by atoms with E-state index >= 15 is 0 Å². The first kappa shape index (κ1) is 55.0. The molecule has 0 unspecified atom stereocenters. The monoisotopic (exact) mass is 1360 g/mol. The van der Waals surface area contributed by atoms with Crippen molar-refractivity contribution in [3.05, 3.63) is 328 Å². The van der Waals surface area contributed by atoms with Crippen molar-refractivity contribution in [2.24, 2.45) is 0 Å². The summed E-state index contributed by atoms with van der Waals surface area (Å²) in [6.45, 7) is 4.60. The Kier molecular flexibility index (Phi) is 14.9. The zero-order valence-electron chi connectivity index (χ0n) is 48.7. The number of hydrogen-bond acceptors (Lipinski definition) is 3. The molecule has 426 valence electrons. The van der Waals surface area contributed by atoms with E-state index in [1.807, 2.05) is 0 Å². The van der Waals surface area contributed by atoms with E-state index in [0.717, 1.165) is 95.8 Å². The van der Waals surface area contributed by atoms with Crippen LogP contribution in [0.15, 0.2) is 309 Å². The van der Waals surface area contributed by atoms with Crippen LogP contribution in [0.25, 0.3) is 71.9 Å². The van der Waals surface area contributed by atoms with Gasteiger partial charge < -0.3 is 10.2 Å². The molecular formula is C80H61I2N6-. The molecule has 6 nitrogen and oxygen atoms in total. The van der Waals surface area contributed by atoms with Gasteiger partial charge in [-0.1, -0.05) is 127 Å². The van der Waals surface area contributed by atoms with Crippen LogP contribution in [-0.4, -0.2) is 18.1 Å². The number of rotatable bonds is 16. The molecule has 3 aromatic heterocycles. The Bertz CT molecular complexity index is 4970. The van der Waals surface area contributed by atoms with Gasteiger partial charge in [-0.2, -0.15) is 0 Å². The first-order valence-corrected chi connectivity index (χ1v) is 33.6. The minimum Gasteiger partial charge on any atom is -0.0615 e. The summed E-state index contributed by atoms with van der Waals surface area (Å²) in [5.41, 5.74) is 20.0. The predicted octanol–water partition coefficient (Wildman–Crippen LogP) is 19.0. The molecule has 0 fully saturated rings. The van der Waals surface area contributed by atoms with Gasteiger partial charge in [0.15, 0.2) is 0 Å². The van der Waals surface area contributed by atoms with Crippen LogP contribution in [0.2, 0.25) is 0 Å². The van der Waals surface area contributed by atoms with Gasteiger partial charge in [-0.05, 0) is 96.9 Å². The third kappa shape index (κ3) is 10.3. The molecule has 0 aliphatic heterocycles. The number of anilines is 8. The van der Waals surface area contributed by atoms with Crippen LogP contribution in [0, 0.1) is 14.1 Å². The molecule has 0 aliphatic carbocycles. The molecule has 0 amide bonds. The van der Waals surface area contributed by atoms with Crippen molar-refractivity contribution >= 4 is 112 Å². The molecule has 1 N–H and O–H groups in total. The van der Waals surface area contributed by atoms with Crippen LogP contribution in [0.1, 0.15) is 24.0 Å². The molecule has 3 heterocycles. The molecule has 0 aliphatic rings. The zero-order valence-corrected chi connectivity index (χ0v) is 53.0. The van der Waals surface area contributed by atoms with E-state index in [1.165, 1.54) is 44.4 Å². The average molecular weight is 1360 g/mol. The molecule has 0 saturated heterocycles. The third-order valence-electron chi connectivity index (χ3n) is 16.8. The van der Waals surface area contributed by atoms with Gasteiger partial charge in [-0.25, -0.2) is 0 Å². The Morgan fingerprint density at radius 1 is 0.409 bits per heavy atom. The maximum absolute atomic E-state index is 4.09. The van der Waals surface area contributed by atoms with Crippen molar-refractivity contribution in [2.45, 2.75) is 19.8 Å². The van der Waals surface area contributed by atoms with Gasteiger partial charge in [0.1, 0.15) is 5.82 Å². The van der Waals surface area contributed by atoms with Crippen LogP contribution in [0.3, 0.4) is 0 Å². The SMILES string of the molecule is Cc1ccccc1-c1c(Nc2cccc(N(c3ccccc3)c3ccccc3)c2)n(-c2cccc(-n3c4ccccc4c4c5ccccc5n(-c5cccc(N(c6ccccc6)c6ccc([C@@H](C)C[I-]c7cccc(I)c7)cc6)c5)c43)c2)c2ccccc12. The van der Waals surface area contributed by atoms with E-state index in [4.69, 9.17) is 0 Å². The van der Waals surface area contributed by atoms with Crippen LogP contribution in [0.4, 0.5) is 45.6 Å².